The number of aryl methyl sites for hydroxylation is 1. The number of hydrogen-bond donors (Lipinski definition) is 1. The maximum absolute atomic E-state index is 12.8. The Morgan fingerprint density at radius 1 is 1.15 bits per heavy atom. The smallest absolute Gasteiger partial charge is 0.255 e. The number of sulfonamides is 1. The Morgan fingerprint density at radius 2 is 1.85 bits per heavy atom. The van der Waals surface area contributed by atoms with Gasteiger partial charge in [-0.3, -0.25) is 4.79 Å². The third-order valence-electron chi connectivity index (χ3n) is 4.81. The summed E-state index contributed by atoms with van der Waals surface area (Å²) >= 11 is 0. The van der Waals surface area contributed by atoms with Crippen LogP contribution in [0, 0.1) is 13.8 Å². The van der Waals surface area contributed by atoms with Gasteiger partial charge in [0.25, 0.3) is 5.91 Å². The van der Waals surface area contributed by atoms with E-state index >= 15 is 0 Å². The van der Waals surface area contributed by atoms with Crippen molar-refractivity contribution >= 4 is 21.6 Å². The molecule has 1 saturated heterocycles. The molecule has 7 heteroatoms. The van der Waals surface area contributed by atoms with Crippen molar-refractivity contribution in [2.24, 2.45) is 0 Å². The van der Waals surface area contributed by atoms with Crippen LogP contribution in [-0.4, -0.2) is 44.4 Å². The zero-order valence-corrected chi connectivity index (χ0v) is 16.5. The first kappa shape index (κ1) is 19.5. The van der Waals surface area contributed by atoms with Crippen molar-refractivity contribution in [2.75, 3.05) is 25.0 Å². The minimum Gasteiger partial charge on any atom is -0.376 e. The summed E-state index contributed by atoms with van der Waals surface area (Å²) in [5.74, 6) is -0.271. The molecule has 1 unspecified atom stereocenters. The van der Waals surface area contributed by atoms with Crippen LogP contribution in [0.3, 0.4) is 0 Å². The number of carbonyl (C=O) groups is 1. The number of rotatable bonds is 4. The predicted molar refractivity (Wildman–Crippen MR) is 104 cm³/mol. The molecule has 1 aliphatic heterocycles. The van der Waals surface area contributed by atoms with E-state index in [-0.39, 0.29) is 16.9 Å². The summed E-state index contributed by atoms with van der Waals surface area (Å²) in [6, 6.07) is 11.8. The number of ether oxygens (including phenoxy) is 1. The topological polar surface area (TPSA) is 75.7 Å². The maximum Gasteiger partial charge on any atom is 0.255 e. The van der Waals surface area contributed by atoms with E-state index in [4.69, 9.17) is 4.74 Å². The van der Waals surface area contributed by atoms with E-state index < -0.39 is 10.0 Å². The zero-order valence-electron chi connectivity index (χ0n) is 15.7. The summed E-state index contributed by atoms with van der Waals surface area (Å²) in [5.41, 5.74) is 3.25. The Kier molecular flexibility index (Phi) is 5.64. The number of anilines is 1. The highest BCUT2D eigenvalue weighted by Gasteiger charge is 2.29. The van der Waals surface area contributed by atoms with Gasteiger partial charge >= 0.3 is 0 Å². The van der Waals surface area contributed by atoms with Crippen molar-refractivity contribution in [2.45, 2.75) is 31.8 Å². The molecule has 144 valence electrons. The van der Waals surface area contributed by atoms with Gasteiger partial charge < -0.3 is 10.1 Å². The molecule has 1 N–H and O–H groups in total. The zero-order chi connectivity index (χ0) is 19.6. The van der Waals surface area contributed by atoms with Gasteiger partial charge in [-0.2, -0.15) is 4.31 Å². The molecule has 0 radical (unpaired) electrons. The van der Waals surface area contributed by atoms with Crippen LogP contribution in [-0.2, 0) is 14.8 Å². The van der Waals surface area contributed by atoms with Gasteiger partial charge in [-0.15, -0.1) is 0 Å². The molecule has 1 atom stereocenters. The van der Waals surface area contributed by atoms with E-state index in [9.17, 15) is 13.2 Å². The SMILES string of the molecule is Cc1cccc(NC(=O)c2ccc(S(=O)(=O)N3CCOC(C)C3)cc2)c1C. The fraction of sp³-hybridized carbons (Fsp3) is 0.350. The number of nitrogens with one attached hydrogen (secondary N) is 1. The molecule has 2 aromatic rings. The van der Waals surface area contributed by atoms with Crippen molar-refractivity contribution in [1.29, 1.82) is 0 Å². The third kappa shape index (κ3) is 4.21. The van der Waals surface area contributed by atoms with Crippen molar-refractivity contribution in [3.63, 3.8) is 0 Å². The molecule has 0 aromatic heterocycles. The lowest BCUT2D eigenvalue weighted by Crippen LogP contribution is -2.44. The van der Waals surface area contributed by atoms with E-state index in [2.05, 4.69) is 5.32 Å². The second-order valence-electron chi connectivity index (χ2n) is 6.77. The van der Waals surface area contributed by atoms with Crippen LogP contribution in [0.1, 0.15) is 28.4 Å². The highest BCUT2D eigenvalue weighted by Crippen LogP contribution is 2.21. The number of amides is 1. The van der Waals surface area contributed by atoms with Gasteiger partial charge in [0.2, 0.25) is 10.0 Å². The minimum absolute atomic E-state index is 0.129. The Hall–Kier alpha value is -2.22. The Morgan fingerprint density at radius 3 is 2.52 bits per heavy atom. The lowest BCUT2D eigenvalue weighted by atomic mass is 10.1. The second kappa shape index (κ2) is 7.80. The Bertz CT molecular complexity index is 939. The van der Waals surface area contributed by atoms with E-state index in [1.165, 1.54) is 28.6 Å². The molecular weight excluding hydrogens is 364 g/mol. The summed E-state index contributed by atoms with van der Waals surface area (Å²) in [6.45, 7) is 6.83. The first-order chi connectivity index (χ1) is 12.8. The van der Waals surface area contributed by atoms with Crippen LogP contribution in [0.4, 0.5) is 5.69 Å². The minimum atomic E-state index is -3.59. The largest absolute Gasteiger partial charge is 0.376 e. The molecule has 1 fully saturated rings. The maximum atomic E-state index is 12.8. The summed E-state index contributed by atoms with van der Waals surface area (Å²) in [4.78, 5) is 12.7. The van der Waals surface area contributed by atoms with Gasteiger partial charge in [0.05, 0.1) is 17.6 Å². The number of carbonyl (C=O) groups excluding carboxylic acids is 1. The predicted octanol–water partition coefficient (Wildman–Crippen LogP) is 2.97. The molecule has 2 aromatic carbocycles. The van der Waals surface area contributed by atoms with Crippen LogP contribution in [0.25, 0.3) is 0 Å². The van der Waals surface area contributed by atoms with Crippen LogP contribution in [0.15, 0.2) is 47.4 Å². The lowest BCUT2D eigenvalue weighted by molar-refractivity contribution is 0.0102. The van der Waals surface area contributed by atoms with Crippen LogP contribution in [0.5, 0.6) is 0 Å². The highest BCUT2D eigenvalue weighted by molar-refractivity contribution is 7.89. The molecule has 0 aliphatic carbocycles. The van der Waals surface area contributed by atoms with Gasteiger partial charge in [-0.05, 0) is 62.2 Å². The number of morpholine rings is 1. The highest BCUT2D eigenvalue weighted by atomic mass is 32.2. The third-order valence-corrected chi connectivity index (χ3v) is 6.69. The standard InChI is InChI=1S/C20H24N2O4S/c1-14-5-4-6-19(16(14)3)21-20(23)17-7-9-18(10-8-17)27(24,25)22-11-12-26-15(2)13-22/h4-10,15H,11-13H2,1-3H3,(H,21,23). The molecular formula is C20H24N2O4S. The van der Waals surface area contributed by atoms with E-state index in [1.54, 1.807) is 0 Å². The average molecular weight is 388 g/mol. The second-order valence-corrected chi connectivity index (χ2v) is 8.71. The molecule has 6 nitrogen and oxygen atoms in total. The van der Waals surface area contributed by atoms with E-state index in [0.717, 1.165) is 16.8 Å². The van der Waals surface area contributed by atoms with Crippen LogP contribution >= 0.6 is 0 Å². The Balaban J connectivity index is 1.76. The molecule has 27 heavy (non-hydrogen) atoms. The van der Waals surface area contributed by atoms with Crippen molar-refractivity contribution < 1.29 is 17.9 Å². The first-order valence-electron chi connectivity index (χ1n) is 8.88. The molecule has 1 amide bonds. The Labute approximate surface area is 160 Å². The fourth-order valence-electron chi connectivity index (χ4n) is 3.01. The van der Waals surface area contributed by atoms with Crippen molar-refractivity contribution in [3.8, 4) is 0 Å². The number of nitrogens with zero attached hydrogens (tertiary/aromatic N) is 1. The molecule has 1 heterocycles. The van der Waals surface area contributed by atoms with Crippen LogP contribution < -0.4 is 5.32 Å². The number of hydrogen-bond acceptors (Lipinski definition) is 4. The normalized spacial score (nSPS) is 18.3. The fourth-order valence-corrected chi connectivity index (χ4v) is 4.51. The van der Waals surface area contributed by atoms with Gasteiger partial charge in [0.15, 0.2) is 0 Å². The van der Waals surface area contributed by atoms with Gasteiger partial charge in [0.1, 0.15) is 0 Å². The molecule has 0 spiro atoms. The van der Waals surface area contributed by atoms with Gasteiger partial charge in [-0.1, -0.05) is 12.1 Å². The van der Waals surface area contributed by atoms with Gasteiger partial charge in [0, 0.05) is 24.3 Å². The van der Waals surface area contributed by atoms with E-state index in [0.29, 0.717) is 25.3 Å². The first-order valence-corrected chi connectivity index (χ1v) is 10.3. The summed E-state index contributed by atoms with van der Waals surface area (Å²) in [5, 5.41) is 2.88. The summed E-state index contributed by atoms with van der Waals surface area (Å²) in [7, 11) is -3.59. The van der Waals surface area contributed by atoms with Crippen molar-refractivity contribution in [1.82, 2.24) is 4.31 Å². The monoisotopic (exact) mass is 388 g/mol. The lowest BCUT2D eigenvalue weighted by Gasteiger charge is -2.30. The average Bonchev–Trinajstić information content (AvgIpc) is 2.65. The quantitative estimate of drug-likeness (QED) is 0.874. The molecule has 3 rings (SSSR count). The van der Waals surface area contributed by atoms with E-state index in [1.807, 2.05) is 39.0 Å². The van der Waals surface area contributed by atoms with Crippen molar-refractivity contribution in [3.05, 3.63) is 59.2 Å². The molecule has 1 aliphatic rings. The molecule has 0 bridgehead atoms. The number of benzene rings is 2. The van der Waals surface area contributed by atoms with Crippen LogP contribution in [0.2, 0.25) is 0 Å². The summed E-state index contributed by atoms with van der Waals surface area (Å²) in [6.07, 6.45) is -0.129. The summed E-state index contributed by atoms with van der Waals surface area (Å²) < 4.78 is 32.3. The van der Waals surface area contributed by atoms with Gasteiger partial charge in [-0.25, -0.2) is 8.42 Å². The molecule has 0 saturated carbocycles.